The molecule has 0 bridgehead atoms. The number of nitrogens with two attached hydrogens (primary N) is 1. The highest BCUT2D eigenvalue weighted by atomic mass is 14.9. The van der Waals surface area contributed by atoms with Gasteiger partial charge in [0.1, 0.15) is 5.82 Å². The van der Waals surface area contributed by atoms with Crippen LogP contribution in [0, 0.1) is 0 Å². The Labute approximate surface area is 95.1 Å². The van der Waals surface area contributed by atoms with Crippen molar-refractivity contribution in [2.75, 3.05) is 6.54 Å². The van der Waals surface area contributed by atoms with Gasteiger partial charge in [-0.15, -0.1) is 0 Å². The lowest BCUT2D eigenvalue weighted by Gasteiger charge is -2.08. The summed E-state index contributed by atoms with van der Waals surface area (Å²) in [5.74, 6) is 2.21. The van der Waals surface area contributed by atoms with Crippen molar-refractivity contribution in [3.8, 4) is 0 Å². The van der Waals surface area contributed by atoms with Crippen molar-refractivity contribution < 1.29 is 0 Å². The number of fused-ring (bicyclic) bond motifs is 1. The first kappa shape index (κ1) is 9.85. The zero-order valence-corrected chi connectivity index (χ0v) is 9.53. The molecule has 84 valence electrons. The zero-order valence-electron chi connectivity index (χ0n) is 9.53. The fraction of sp³-hybridized carbons (Fsp3) is 0.462. The quantitative estimate of drug-likeness (QED) is 0.826. The third-order valence-corrected chi connectivity index (χ3v) is 3.41. The van der Waals surface area contributed by atoms with Gasteiger partial charge in [0.15, 0.2) is 0 Å². The van der Waals surface area contributed by atoms with Gasteiger partial charge in [-0.05, 0) is 36.9 Å². The third-order valence-electron chi connectivity index (χ3n) is 3.41. The number of benzene rings is 1. The minimum absolute atomic E-state index is 0.374. The third kappa shape index (κ3) is 1.52. The minimum atomic E-state index is 0.374. The molecule has 1 aliphatic rings. The van der Waals surface area contributed by atoms with Crippen LogP contribution in [0.25, 0.3) is 11.0 Å². The smallest absolute Gasteiger partial charge is 0.110 e. The normalized spacial score (nSPS) is 17.9. The van der Waals surface area contributed by atoms with Crippen LogP contribution in [0.3, 0.4) is 0 Å². The molecule has 0 aliphatic heterocycles. The number of rotatable bonds is 3. The summed E-state index contributed by atoms with van der Waals surface area (Å²) in [7, 11) is 0. The molecule has 2 aromatic rings. The maximum atomic E-state index is 5.74. The first-order chi connectivity index (χ1) is 7.79. The Kier molecular flexibility index (Phi) is 2.21. The van der Waals surface area contributed by atoms with Crippen molar-refractivity contribution in [2.45, 2.75) is 31.6 Å². The Bertz CT molecular complexity index is 511. The topological polar surface area (TPSA) is 54.7 Å². The molecule has 1 saturated carbocycles. The van der Waals surface area contributed by atoms with Crippen molar-refractivity contribution in [3.63, 3.8) is 0 Å². The van der Waals surface area contributed by atoms with Gasteiger partial charge >= 0.3 is 0 Å². The summed E-state index contributed by atoms with van der Waals surface area (Å²) in [6.45, 7) is 2.82. The van der Waals surface area contributed by atoms with Crippen LogP contribution in [0.5, 0.6) is 0 Å². The number of imidazole rings is 1. The van der Waals surface area contributed by atoms with E-state index in [4.69, 9.17) is 10.7 Å². The van der Waals surface area contributed by atoms with Gasteiger partial charge in [-0.3, -0.25) is 0 Å². The Morgan fingerprint density at radius 1 is 1.50 bits per heavy atom. The van der Waals surface area contributed by atoms with E-state index in [1.54, 1.807) is 0 Å². The molecule has 16 heavy (non-hydrogen) atoms. The molecule has 0 amide bonds. The lowest BCUT2D eigenvalue weighted by Crippen LogP contribution is -2.09. The minimum Gasteiger partial charge on any atom is -0.342 e. The highest BCUT2D eigenvalue weighted by molar-refractivity contribution is 5.79. The molecule has 1 aliphatic carbocycles. The average Bonchev–Trinajstić information content (AvgIpc) is 3.07. The molecule has 1 heterocycles. The second-order valence-corrected chi connectivity index (χ2v) is 4.78. The largest absolute Gasteiger partial charge is 0.342 e. The van der Waals surface area contributed by atoms with Gasteiger partial charge < -0.3 is 10.7 Å². The molecule has 3 heteroatoms. The van der Waals surface area contributed by atoms with Crippen LogP contribution in [0.1, 0.15) is 43.0 Å². The number of aromatic nitrogens is 2. The summed E-state index contributed by atoms with van der Waals surface area (Å²) in [6.07, 6.45) is 2.56. The van der Waals surface area contributed by atoms with Crippen LogP contribution in [0.4, 0.5) is 0 Å². The van der Waals surface area contributed by atoms with Crippen LogP contribution in [-0.2, 0) is 0 Å². The summed E-state index contributed by atoms with van der Waals surface area (Å²) in [5, 5.41) is 0. The first-order valence-electron chi connectivity index (χ1n) is 5.98. The molecular weight excluding hydrogens is 198 g/mol. The molecular formula is C13H17N3. The molecule has 1 fully saturated rings. The number of H-pyrrole nitrogens is 1. The van der Waals surface area contributed by atoms with Crippen LogP contribution in [0.2, 0.25) is 0 Å². The summed E-state index contributed by atoms with van der Waals surface area (Å²) in [6, 6.07) is 6.32. The predicted molar refractivity (Wildman–Crippen MR) is 65.5 cm³/mol. The van der Waals surface area contributed by atoms with E-state index in [1.165, 1.54) is 18.4 Å². The number of nitrogens with zero attached hydrogens (tertiary/aromatic N) is 1. The van der Waals surface area contributed by atoms with Crippen molar-refractivity contribution in [2.24, 2.45) is 5.73 Å². The molecule has 1 aromatic heterocycles. The van der Waals surface area contributed by atoms with E-state index in [2.05, 4.69) is 30.1 Å². The molecule has 3 rings (SSSR count). The van der Waals surface area contributed by atoms with E-state index in [9.17, 15) is 0 Å². The number of aromatic amines is 1. The van der Waals surface area contributed by atoms with Gasteiger partial charge in [0, 0.05) is 5.92 Å². The number of hydrogen-bond acceptors (Lipinski definition) is 2. The summed E-state index contributed by atoms with van der Waals surface area (Å²) in [4.78, 5) is 8.16. The fourth-order valence-electron chi connectivity index (χ4n) is 2.15. The number of nitrogens with one attached hydrogen (secondary N) is 1. The average molecular weight is 215 g/mol. The van der Waals surface area contributed by atoms with Crippen molar-refractivity contribution >= 4 is 11.0 Å². The van der Waals surface area contributed by atoms with E-state index >= 15 is 0 Å². The highest BCUT2D eigenvalue weighted by Crippen LogP contribution is 2.39. The van der Waals surface area contributed by atoms with Crippen molar-refractivity contribution in [1.29, 1.82) is 0 Å². The number of para-hydroxylation sites is 1. The number of hydrogen-bond donors (Lipinski definition) is 2. The maximum Gasteiger partial charge on any atom is 0.110 e. The molecule has 3 N–H and O–H groups in total. The molecule has 1 atom stereocenters. The lowest BCUT2D eigenvalue weighted by atomic mass is 10.00. The Hall–Kier alpha value is -1.35. The van der Waals surface area contributed by atoms with Crippen LogP contribution in [0.15, 0.2) is 18.2 Å². The van der Waals surface area contributed by atoms with Crippen LogP contribution >= 0.6 is 0 Å². The molecule has 0 saturated heterocycles. The van der Waals surface area contributed by atoms with Gasteiger partial charge in [-0.25, -0.2) is 4.98 Å². The van der Waals surface area contributed by atoms with Gasteiger partial charge in [0.25, 0.3) is 0 Å². The van der Waals surface area contributed by atoms with Crippen molar-refractivity contribution in [1.82, 2.24) is 9.97 Å². The Balaban J connectivity index is 2.13. The van der Waals surface area contributed by atoms with Crippen LogP contribution in [-0.4, -0.2) is 16.5 Å². The highest BCUT2D eigenvalue weighted by Gasteiger charge is 2.27. The van der Waals surface area contributed by atoms with E-state index in [0.717, 1.165) is 16.9 Å². The predicted octanol–water partition coefficient (Wildman–Crippen LogP) is 2.50. The van der Waals surface area contributed by atoms with Gasteiger partial charge in [-0.1, -0.05) is 19.1 Å². The fourth-order valence-corrected chi connectivity index (χ4v) is 2.15. The van der Waals surface area contributed by atoms with E-state index in [-0.39, 0.29) is 0 Å². The van der Waals surface area contributed by atoms with Crippen LogP contribution < -0.4 is 5.73 Å². The molecule has 1 aromatic carbocycles. The van der Waals surface area contributed by atoms with Crippen molar-refractivity contribution in [3.05, 3.63) is 29.6 Å². The molecule has 3 nitrogen and oxygen atoms in total. The van der Waals surface area contributed by atoms with Gasteiger partial charge in [0.2, 0.25) is 0 Å². The van der Waals surface area contributed by atoms with E-state index in [1.807, 2.05) is 0 Å². The Morgan fingerprint density at radius 2 is 2.31 bits per heavy atom. The van der Waals surface area contributed by atoms with E-state index < -0.39 is 0 Å². The molecule has 0 radical (unpaired) electrons. The lowest BCUT2D eigenvalue weighted by molar-refractivity contribution is 0.779. The summed E-state index contributed by atoms with van der Waals surface area (Å²) in [5.41, 5.74) is 9.27. The molecule has 0 spiro atoms. The second kappa shape index (κ2) is 3.59. The van der Waals surface area contributed by atoms with E-state index in [0.29, 0.717) is 18.4 Å². The zero-order chi connectivity index (χ0) is 11.1. The monoisotopic (exact) mass is 215 g/mol. The molecule has 1 unspecified atom stereocenters. The summed E-state index contributed by atoms with van der Waals surface area (Å²) < 4.78 is 0. The Morgan fingerprint density at radius 3 is 3.00 bits per heavy atom. The van der Waals surface area contributed by atoms with Gasteiger partial charge in [-0.2, -0.15) is 0 Å². The second-order valence-electron chi connectivity index (χ2n) is 4.78. The standard InChI is InChI=1S/C13H17N3/c1-8(7-14)10-3-2-4-11-12(10)16-13(15-11)9-5-6-9/h2-4,8-9H,5-7,14H2,1H3,(H,15,16). The van der Waals surface area contributed by atoms with Gasteiger partial charge in [0.05, 0.1) is 11.0 Å². The SMILES string of the molecule is CC(CN)c1cccc2[nH]c(C3CC3)nc12. The maximum absolute atomic E-state index is 5.74. The summed E-state index contributed by atoms with van der Waals surface area (Å²) >= 11 is 0. The first-order valence-corrected chi connectivity index (χ1v) is 5.98.